The fourth-order valence-corrected chi connectivity index (χ4v) is 4.69. The van der Waals surface area contributed by atoms with Crippen molar-refractivity contribution in [3.05, 3.63) is 41.5 Å². The molecule has 0 aliphatic carbocycles. The van der Waals surface area contributed by atoms with Gasteiger partial charge in [0.1, 0.15) is 27.5 Å². The molecular formula is C24H33F3N6O4S. The Morgan fingerprint density at radius 1 is 1.18 bits per heavy atom. The molecule has 0 saturated carbocycles. The second-order valence-electron chi connectivity index (χ2n) is 9.36. The van der Waals surface area contributed by atoms with Crippen molar-refractivity contribution in [3.63, 3.8) is 0 Å². The lowest BCUT2D eigenvalue weighted by Crippen LogP contribution is -2.37. The summed E-state index contributed by atoms with van der Waals surface area (Å²) in [5, 5.41) is 15.4. The number of anilines is 2. The second kappa shape index (κ2) is 13.2. The highest BCUT2D eigenvalue weighted by atomic mass is 32.2. The Bertz CT molecular complexity index is 1200. The molecule has 1 atom stereocenters. The quantitative estimate of drug-likeness (QED) is 0.297. The summed E-state index contributed by atoms with van der Waals surface area (Å²) in [6, 6.07) is 4.06. The van der Waals surface area contributed by atoms with E-state index < -0.39 is 33.8 Å². The van der Waals surface area contributed by atoms with E-state index in [2.05, 4.69) is 31.7 Å². The number of unbranched alkanes of at least 4 members (excludes halogenated alkanes) is 1. The molecule has 0 aromatic carbocycles. The molecule has 3 rings (SSSR count). The maximum atomic E-state index is 12.9. The van der Waals surface area contributed by atoms with E-state index >= 15 is 0 Å². The van der Waals surface area contributed by atoms with Gasteiger partial charge in [-0.25, -0.2) is 28.2 Å². The predicted octanol–water partition coefficient (Wildman–Crippen LogP) is 2.87. The average Bonchev–Trinajstić information content (AvgIpc) is 2.85. The Hall–Kier alpha value is -3.00. The number of carboxylic acid groups (broad SMARTS) is 1. The third kappa shape index (κ3) is 9.71. The molecule has 0 fully saturated rings. The number of hydrogen-bond acceptors (Lipinski definition) is 9. The van der Waals surface area contributed by atoms with Crippen LogP contribution in [0.15, 0.2) is 24.4 Å². The molecule has 2 aromatic heterocycles. The average molecular weight is 559 g/mol. The summed E-state index contributed by atoms with van der Waals surface area (Å²) in [5.41, 5.74) is 2.18. The lowest BCUT2D eigenvalue weighted by Gasteiger charge is -2.24. The van der Waals surface area contributed by atoms with Crippen LogP contribution in [0.5, 0.6) is 0 Å². The van der Waals surface area contributed by atoms with Crippen molar-refractivity contribution in [3.8, 4) is 0 Å². The van der Waals surface area contributed by atoms with Crippen LogP contribution in [0.2, 0.25) is 0 Å². The van der Waals surface area contributed by atoms with Crippen LogP contribution in [-0.4, -0.2) is 83.6 Å². The summed E-state index contributed by atoms with van der Waals surface area (Å²) in [4.78, 5) is 24.9. The molecule has 2 aromatic rings. The lowest BCUT2D eigenvalue weighted by atomic mass is 10.1. The molecule has 1 aliphatic rings. The number of aryl methyl sites for hydroxylation is 2. The molecule has 10 nitrogen and oxygen atoms in total. The van der Waals surface area contributed by atoms with E-state index in [4.69, 9.17) is 0 Å². The molecule has 0 radical (unpaired) electrons. The first-order valence-corrected chi connectivity index (χ1v) is 14.5. The molecule has 3 N–H and O–H groups in total. The lowest BCUT2D eigenvalue weighted by molar-refractivity contribution is -0.144. The molecular weight excluding hydrogens is 525 g/mol. The van der Waals surface area contributed by atoms with Crippen molar-refractivity contribution in [2.45, 2.75) is 50.7 Å². The maximum Gasteiger partial charge on any atom is 0.451 e. The van der Waals surface area contributed by atoms with Gasteiger partial charge in [-0.05, 0) is 62.8 Å². The van der Waals surface area contributed by atoms with E-state index in [1.54, 1.807) is 0 Å². The minimum atomic E-state index is -4.76. The van der Waals surface area contributed by atoms with Crippen LogP contribution in [0.4, 0.5) is 24.8 Å². The smallest absolute Gasteiger partial charge is 0.451 e. The summed E-state index contributed by atoms with van der Waals surface area (Å²) in [7, 11) is -3.24. The van der Waals surface area contributed by atoms with Gasteiger partial charge < -0.3 is 20.6 Å². The van der Waals surface area contributed by atoms with E-state index in [0.29, 0.717) is 6.54 Å². The van der Waals surface area contributed by atoms with Crippen LogP contribution in [0, 0.1) is 0 Å². The number of carboxylic acids is 1. The Morgan fingerprint density at radius 2 is 1.97 bits per heavy atom. The fourth-order valence-electron chi connectivity index (χ4n) is 4.10. The first-order valence-electron chi connectivity index (χ1n) is 12.4. The number of alkyl halides is 3. The van der Waals surface area contributed by atoms with Gasteiger partial charge in [-0.2, -0.15) is 13.2 Å². The van der Waals surface area contributed by atoms with Crippen LogP contribution in [0.3, 0.4) is 0 Å². The molecule has 14 heteroatoms. The number of nitrogens with zero attached hydrogens (tertiary/aromatic N) is 4. The van der Waals surface area contributed by atoms with Gasteiger partial charge in [-0.3, -0.25) is 0 Å². The highest BCUT2D eigenvalue weighted by Crippen LogP contribution is 2.26. The van der Waals surface area contributed by atoms with Gasteiger partial charge in [0.2, 0.25) is 5.82 Å². The summed E-state index contributed by atoms with van der Waals surface area (Å²) in [6.45, 7) is 1.90. The third-order valence-corrected chi connectivity index (χ3v) is 7.07. The molecule has 0 bridgehead atoms. The Morgan fingerprint density at radius 3 is 2.68 bits per heavy atom. The third-order valence-electron chi connectivity index (χ3n) is 6.15. The van der Waals surface area contributed by atoms with Crippen LogP contribution < -0.4 is 10.6 Å². The van der Waals surface area contributed by atoms with Crippen molar-refractivity contribution >= 4 is 27.4 Å². The largest absolute Gasteiger partial charge is 0.480 e. The zero-order chi connectivity index (χ0) is 27.8. The van der Waals surface area contributed by atoms with Crippen LogP contribution in [0.1, 0.15) is 42.8 Å². The number of rotatable bonds is 14. The monoisotopic (exact) mass is 558 g/mol. The number of aliphatic carboxylic acids is 1. The first kappa shape index (κ1) is 29.6. The predicted molar refractivity (Wildman–Crippen MR) is 137 cm³/mol. The van der Waals surface area contributed by atoms with Crippen molar-refractivity contribution < 1.29 is 31.5 Å². The molecule has 0 spiro atoms. The van der Waals surface area contributed by atoms with E-state index in [9.17, 15) is 31.5 Å². The Kier molecular flexibility index (Phi) is 10.3. The minimum Gasteiger partial charge on any atom is -0.480 e. The van der Waals surface area contributed by atoms with E-state index in [1.807, 2.05) is 11.0 Å². The number of halogens is 3. The van der Waals surface area contributed by atoms with Crippen LogP contribution in [-0.2, 0) is 33.6 Å². The summed E-state index contributed by atoms with van der Waals surface area (Å²) in [5.74, 6) is -2.04. The standard InChI is InChI=1S/C24H33F3N6O4S/c1-38(36,37)16-15-33(13-3-2-6-18-8-7-17-5-4-11-28-21(17)30-18)14-10-19(22(34)35)31-20-9-12-29-23(32-20)24(25,26)27/h7-9,12,19H,2-6,10-11,13-16H2,1H3,(H,28,30)(H,34,35)(H,29,31,32)/t19-/m0/s1. The summed E-state index contributed by atoms with van der Waals surface area (Å²) < 4.78 is 62.1. The van der Waals surface area contributed by atoms with Gasteiger partial charge in [0.05, 0.1) is 5.75 Å². The van der Waals surface area contributed by atoms with Crippen molar-refractivity contribution in [1.29, 1.82) is 0 Å². The second-order valence-corrected chi connectivity index (χ2v) is 11.6. The molecule has 0 amide bonds. The molecule has 0 unspecified atom stereocenters. The number of nitrogens with one attached hydrogen (secondary N) is 2. The molecule has 3 heterocycles. The molecule has 1 aliphatic heterocycles. The topological polar surface area (TPSA) is 137 Å². The zero-order valence-electron chi connectivity index (χ0n) is 21.2. The normalized spacial score (nSPS) is 14.6. The Balaban J connectivity index is 1.56. The van der Waals surface area contributed by atoms with Crippen molar-refractivity contribution in [1.82, 2.24) is 19.9 Å². The van der Waals surface area contributed by atoms with Crippen LogP contribution >= 0.6 is 0 Å². The number of sulfone groups is 1. The number of fused-ring (bicyclic) bond motifs is 1. The van der Waals surface area contributed by atoms with Crippen molar-refractivity contribution in [2.24, 2.45) is 0 Å². The number of carbonyl (C=O) groups is 1. The highest BCUT2D eigenvalue weighted by molar-refractivity contribution is 7.90. The summed E-state index contributed by atoms with van der Waals surface area (Å²) >= 11 is 0. The van der Waals surface area contributed by atoms with Gasteiger partial charge >= 0.3 is 12.1 Å². The molecule has 38 heavy (non-hydrogen) atoms. The highest BCUT2D eigenvalue weighted by Gasteiger charge is 2.35. The number of pyridine rings is 1. The number of aromatic nitrogens is 3. The van der Waals surface area contributed by atoms with Crippen LogP contribution in [0.25, 0.3) is 0 Å². The van der Waals surface area contributed by atoms with Gasteiger partial charge in [-0.15, -0.1) is 0 Å². The maximum absolute atomic E-state index is 12.9. The van der Waals surface area contributed by atoms with E-state index in [0.717, 1.165) is 68.7 Å². The zero-order valence-corrected chi connectivity index (χ0v) is 22.0. The minimum absolute atomic E-state index is 0.0303. The van der Waals surface area contributed by atoms with Crippen molar-refractivity contribution in [2.75, 3.05) is 48.8 Å². The first-order chi connectivity index (χ1) is 17.9. The van der Waals surface area contributed by atoms with Gasteiger partial charge in [0, 0.05) is 37.8 Å². The SMILES string of the molecule is CS(=O)(=O)CCN(CCCCc1ccc2c(n1)NCCC2)CC[C@H](Nc1ccnc(C(F)(F)F)n1)C(=O)O. The fraction of sp³-hybridized carbons (Fsp3) is 0.583. The number of hydrogen-bond donors (Lipinski definition) is 3. The van der Waals surface area contributed by atoms with Gasteiger partial charge in [-0.1, -0.05) is 6.07 Å². The Labute approximate surface area is 220 Å². The van der Waals surface area contributed by atoms with E-state index in [1.165, 1.54) is 5.56 Å². The summed E-state index contributed by atoms with van der Waals surface area (Å²) in [6.07, 6.45) is 1.71. The molecule has 0 saturated heterocycles. The molecule has 210 valence electrons. The van der Waals surface area contributed by atoms with E-state index in [-0.39, 0.29) is 31.1 Å². The van der Waals surface area contributed by atoms with Gasteiger partial charge in [0.25, 0.3) is 0 Å². The van der Waals surface area contributed by atoms with Gasteiger partial charge in [0.15, 0.2) is 0 Å².